The number of nitrogens with zero attached hydrogens (tertiary/aromatic N) is 3. The van der Waals surface area contributed by atoms with Crippen LogP contribution >= 0.6 is 0 Å². The molecule has 22 heavy (non-hydrogen) atoms. The van der Waals surface area contributed by atoms with E-state index >= 15 is 0 Å². The standard InChI is InChI=1S/C15H20FN5O/c1-22-14-4-2-3-11(15(14)16)7-18-8-12-10-21(20-19-12)13-5-6-17-9-13/h2-4,10,13,17-18H,5-9H2,1H3. The summed E-state index contributed by atoms with van der Waals surface area (Å²) >= 11 is 0. The van der Waals surface area contributed by atoms with E-state index in [1.807, 2.05) is 10.9 Å². The van der Waals surface area contributed by atoms with Crippen LogP contribution in [-0.2, 0) is 13.1 Å². The van der Waals surface area contributed by atoms with Crippen LogP contribution in [0, 0.1) is 5.82 Å². The summed E-state index contributed by atoms with van der Waals surface area (Å²) in [6.45, 7) is 2.93. The van der Waals surface area contributed by atoms with Gasteiger partial charge in [-0.05, 0) is 19.0 Å². The molecule has 1 aliphatic rings. The van der Waals surface area contributed by atoms with Crippen LogP contribution in [0.2, 0.25) is 0 Å². The van der Waals surface area contributed by atoms with Gasteiger partial charge in [0, 0.05) is 25.2 Å². The number of methoxy groups -OCH3 is 1. The highest BCUT2D eigenvalue weighted by atomic mass is 19.1. The molecule has 0 aliphatic carbocycles. The Morgan fingerprint density at radius 3 is 3.14 bits per heavy atom. The predicted octanol–water partition coefficient (Wildman–Crippen LogP) is 1.25. The molecule has 2 heterocycles. The molecule has 1 aromatic carbocycles. The minimum atomic E-state index is -0.321. The molecule has 6 nitrogen and oxygen atoms in total. The fourth-order valence-corrected chi connectivity index (χ4v) is 2.61. The lowest BCUT2D eigenvalue weighted by atomic mass is 10.2. The Kier molecular flexibility index (Phi) is 4.65. The van der Waals surface area contributed by atoms with Crippen molar-refractivity contribution in [3.8, 4) is 5.75 Å². The zero-order valence-electron chi connectivity index (χ0n) is 12.6. The second-order valence-electron chi connectivity index (χ2n) is 5.37. The molecule has 0 spiro atoms. The number of ether oxygens (including phenoxy) is 1. The van der Waals surface area contributed by atoms with Gasteiger partial charge in [-0.2, -0.15) is 0 Å². The average molecular weight is 305 g/mol. The zero-order chi connectivity index (χ0) is 15.4. The highest BCUT2D eigenvalue weighted by Gasteiger charge is 2.17. The molecule has 1 saturated heterocycles. The van der Waals surface area contributed by atoms with Gasteiger partial charge in [-0.15, -0.1) is 5.10 Å². The molecule has 1 unspecified atom stereocenters. The highest BCUT2D eigenvalue weighted by molar-refractivity contribution is 5.30. The van der Waals surface area contributed by atoms with E-state index in [9.17, 15) is 4.39 Å². The van der Waals surface area contributed by atoms with Crippen LogP contribution in [0.15, 0.2) is 24.4 Å². The van der Waals surface area contributed by atoms with Crippen LogP contribution in [0.3, 0.4) is 0 Å². The summed E-state index contributed by atoms with van der Waals surface area (Å²) in [7, 11) is 1.46. The fraction of sp³-hybridized carbons (Fsp3) is 0.467. The monoisotopic (exact) mass is 305 g/mol. The molecule has 1 fully saturated rings. The third-order valence-corrected chi connectivity index (χ3v) is 3.85. The largest absolute Gasteiger partial charge is 0.494 e. The Hall–Kier alpha value is -1.99. The third-order valence-electron chi connectivity index (χ3n) is 3.85. The topological polar surface area (TPSA) is 64.0 Å². The molecular formula is C15H20FN5O. The van der Waals surface area contributed by atoms with E-state index in [0.717, 1.165) is 25.2 Å². The van der Waals surface area contributed by atoms with Gasteiger partial charge in [-0.3, -0.25) is 0 Å². The third kappa shape index (κ3) is 3.26. The summed E-state index contributed by atoms with van der Waals surface area (Å²) in [5, 5.41) is 14.8. The van der Waals surface area contributed by atoms with Gasteiger partial charge in [-0.25, -0.2) is 9.07 Å². The maximum Gasteiger partial charge on any atom is 0.169 e. The summed E-state index contributed by atoms with van der Waals surface area (Å²) in [4.78, 5) is 0. The number of hydrogen-bond donors (Lipinski definition) is 2. The number of nitrogens with one attached hydrogen (secondary N) is 2. The SMILES string of the molecule is COc1cccc(CNCc2cn(C3CCNC3)nn2)c1F. The molecule has 0 bridgehead atoms. The highest BCUT2D eigenvalue weighted by Crippen LogP contribution is 2.19. The van der Waals surface area contributed by atoms with Crippen molar-refractivity contribution in [1.29, 1.82) is 0 Å². The molecule has 1 aliphatic heterocycles. The van der Waals surface area contributed by atoms with Gasteiger partial charge in [0.15, 0.2) is 11.6 Å². The van der Waals surface area contributed by atoms with Crippen LogP contribution in [0.25, 0.3) is 0 Å². The molecular weight excluding hydrogens is 285 g/mol. The lowest BCUT2D eigenvalue weighted by Crippen LogP contribution is -2.15. The van der Waals surface area contributed by atoms with E-state index in [1.165, 1.54) is 7.11 Å². The van der Waals surface area contributed by atoms with Crippen molar-refractivity contribution in [3.63, 3.8) is 0 Å². The predicted molar refractivity (Wildman–Crippen MR) is 80.0 cm³/mol. The Morgan fingerprint density at radius 2 is 2.36 bits per heavy atom. The van der Waals surface area contributed by atoms with Crippen LogP contribution in [0.5, 0.6) is 5.75 Å². The van der Waals surface area contributed by atoms with Gasteiger partial charge in [-0.1, -0.05) is 17.3 Å². The van der Waals surface area contributed by atoms with E-state index in [-0.39, 0.29) is 11.6 Å². The van der Waals surface area contributed by atoms with Crippen LogP contribution in [-0.4, -0.2) is 35.2 Å². The lowest BCUT2D eigenvalue weighted by Gasteiger charge is -2.08. The summed E-state index contributed by atoms with van der Waals surface area (Å²) in [5.41, 5.74) is 1.43. The van der Waals surface area contributed by atoms with E-state index < -0.39 is 0 Å². The van der Waals surface area contributed by atoms with Crippen molar-refractivity contribution in [3.05, 3.63) is 41.5 Å². The first-order valence-corrected chi connectivity index (χ1v) is 7.41. The first-order valence-electron chi connectivity index (χ1n) is 7.41. The molecule has 2 N–H and O–H groups in total. The first-order chi connectivity index (χ1) is 10.8. The number of hydrogen-bond acceptors (Lipinski definition) is 5. The van der Waals surface area contributed by atoms with E-state index in [2.05, 4.69) is 20.9 Å². The van der Waals surface area contributed by atoms with Crippen molar-refractivity contribution >= 4 is 0 Å². The van der Waals surface area contributed by atoms with Gasteiger partial charge >= 0.3 is 0 Å². The second kappa shape index (κ2) is 6.85. The summed E-state index contributed by atoms with van der Waals surface area (Å²) < 4.78 is 20.9. The van der Waals surface area contributed by atoms with Crippen molar-refractivity contribution in [1.82, 2.24) is 25.6 Å². The van der Waals surface area contributed by atoms with Gasteiger partial charge in [0.25, 0.3) is 0 Å². The van der Waals surface area contributed by atoms with E-state index in [4.69, 9.17) is 4.74 Å². The van der Waals surface area contributed by atoms with Crippen molar-refractivity contribution in [2.75, 3.05) is 20.2 Å². The lowest BCUT2D eigenvalue weighted by molar-refractivity contribution is 0.383. The molecule has 0 amide bonds. The molecule has 0 radical (unpaired) electrons. The summed E-state index contributed by atoms with van der Waals surface area (Å²) in [6, 6.07) is 5.52. The summed E-state index contributed by atoms with van der Waals surface area (Å²) in [5.74, 6) is -0.0582. The van der Waals surface area contributed by atoms with Gasteiger partial charge < -0.3 is 15.4 Å². The Balaban J connectivity index is 1.55. The van der Waals surface area contributed by atoms with Crippen molar-refractivity contribution in [2.45, 2.75) is 25.6 Å². The molecule has 0 saturated carbocycles. The van der Waals surface area contributed by atoms with Crippen molar-refractivity contribution in [2.24, 2.45) is 0 Å². The van der Waals surface area contributed by atoms with Gasteiger partial charge in [0.05, 0.1) is 25.0 Å². The molecule has 1 atom stereocenters. The van der Waals surface area contributed by atoms with E-state index in [1.54, 1.807) is 18.2 Å². The zero-order valence-corrected chi connectivity index (χ0v) is 12.6. The summed E-state index contributed by atoms with van der Waals surface area (Å²) in [6.07, 6.45) is 3.03. The Labute approximate surface area is 128 Å². The minimum absolute atomic E-state index is 0.263. The average Bonchev–Trinajstić information content (AvgIpc) is 3.19. The van der Waals surface area contributed by atoms with Crippen LogP contribution in [0.4, 0.5) is 4.39 Å². The molecule has 118 valence electrons. The molecule has 2 aromatic rings. The molecule has 1 aromatic heterocycles. The normalized spacial score (nSPS) is 17.8. The number of aromatic nitrogens is 3. The smallest absolute Gasteiger partial charge is 0.169 e. The maximum absolute atomic E-state index is 14.0. The van der Waals surface area contributed by atoms with Gasteiger partial charge in [0.1, 0.15) is 0 Å². The Morgan fingerprint density at radius 1 is 1.45 bits per heavy atom. The number of halogens is 1. The van der Waals surface area contributed by atoms with Crippen LogP contribution < -0.4 is 15.4 Å². The Bertz CT molecular complexity index is 624. The second-order valence-corrected chi connectivity index (χ2v) is 5.37. The minimum Gasteiger partial charge on any atom is -0.494 e. The molecule has 7 heteroatoms. The van der Waals surface area contributed by atoms with Gasteiger partial charge in [0.2, 0.25) is 0 Å². The van der Waals surface area contributed by atoms with Crippen LogP contribution in [0.1, 0.15) is 23.7 Å². The van der Waals surface area contributed by atoms with E-state index in [0.29, 0.717) is 24.7 Å². The first kappa shape index (κ1) is 14.9. The number of rotatable bonds is 6. The maximum atomic E-state index is 14.0. The quantitative estimate of drug-likeness (QED) is 0.841. The van der Waals surface area contributed by atoms with Crippen molar-refractivity contribution < 1.29 is 9.13 Å². The molecule has 3 rings (SSSR count). The number of benzene rings is 1. The fourth-order valence-electron chi connectivity index (χ4n) is 2.61.